The Labute approximate surface area is 222 Å². The van der Waals surface area contributed by atoms with Crippen molar-refractivity contribution in [1.82, 2.24) is 4.90 Å². The van der Waals surface area contributed by atoms with Crippen molar-refractivity contribution < 1.29 is 14.5 Å². The molecule has 3 atom stereocenters. The van der Waals surface area contributed by atoms with Crippen molar-refractivity contribution in [1.29, 1.82) is 0 Å². The Hall–Kier alpha value is -3.75. The molecule has 7 nitrogen and oxygen atoms in total. The van der Waals surface area contributed by atoms with Crippen molar-refractivity contribution in [3.8, 4) is 5.75 Å². The fourth-order valence-corrected chi connectivity index (χ4v) is 6.45. The first-order chi connectivity index (χ1) is 17.9. The van der Waals surface area contributed by atoms with Crippen molar-refractivity contribution in [2.45, 2.75) is 24.1 Å². The van der Waals surface area contributed by atoms with Gasteiger partial charge in [0.05, 0.1) is 10.4 Å². The van der Waals surface area contributed by atoms with Crippen LogP contribution in [0.25, 0.3) is 10.8 Å². The zero-order chi connectivity index (χ0) is 25.7. The summed E-state index contributed by atoms with van der Waals surface area (Å²) in [5.41, 5.74) is 1.76. The Balaban J connectivity index is 1.28. The van der Waals surface area contributed by atoms with E-state index < -0.39 is 17.5 Å². The highest BCUT2D eigenvalue weighted by atomic mass is 79.9. The maximum absolute atomic E-state index is 13.3. The molecule has 6 rings (SSSR count). The molecule has 1 saturated heterocycles. The molecule has 0 aliphatic carbocycles. The molecule has 0 aromatic heterocycles. The molecule has 0 saturated carbocycles. The molecule has 1 fully saturated rings. The summed E-state index contributed by atoms with van der Waals surface area (Å²) in [6.07, 6.45) is 0. The van der Waals surface area contributed by atoms with Gasteiger partial charge < -0.3 is 10.1 Å². The fourth-order valence-electron chi connectivity index (χ4n) is 5.93. The van der Waals surface area contributed by atoms with Gasteiger partial charge >= 0.3 is 0 Å². The topological polar surface area (TPSA) is 84.7 Å². The van der Waals surface area contributed by atoms with E-state index in [1.54, 1.807) is 13.1 Å². The van der Waals surface area contributed by atoms with Gasteiger partial charge in [-0.25, -0.2) is 0 Å². The number of anilines is 1. The van der Waals surface area contributed by atoms with Crippen LogP contribution in [0.3, 0.4) is 0 Å². The number of nitro groups is 1. The maximum atomic E-state index is 13.3. The van der Waals surface area contributed by atoms with Crippen LogP contribution in [-0.2, 0) is 16.9 Å². The predicted octanol–water partition coefficient (Wildman–Crippen LogP) is 5.70. The van der Waals surface area contributed by atoms with Crippen molar-refractivity contribution in [2.75, 3.05) is 18.9 Å². The Bertz CT molecular complexity index is 1560. The molecule has 0 radical (unpaired) electrons. The number of fused-ring (bicyclic) bond motifs is 3. The molecule has 0 unspecified atom stereocenters. The van der Waals surface area contributed by atoms with Crippen LogP contribution in [0.5, 0.6) is 5.75 Å². The molecule has 4 aromatic carbocycles. The number of hydrogen-bond acceptors (Lipinski definition) is 5. The second-order valence-corrected chi connectivity index (χ2v) is 10.5. The minimum absolute atomic E-state index is 0.298. The molecule has 1 spiro atoms. The highest BCUT2D eigenvalue weighted by Gasteiger charge is 2.68. The number of benzene rings is 4. The van der Waals surface area contributed by atoms with E-state index in [0.29, 0.717) is 34.6 Å². The summed E-state index contributed by atoms with van der Waals surface area (Å²) in [4.78, 5) is 27.3. The minimum Gasteiger partial charge on any atom is -0.488 e. The van der Waals surface area contributed by atoms with Gasteiger partial charge in [-0.15, -0.1) is 0 Å². The Morgan fingerprint density at radius 3 is 2.59 bits per heavy atom. The number of likely N-dealkylation sites (N-methyl/N-ethyl adjacent to an activating group) is 1. The van der Waals surface area contributed by atoms with Gasteiger partial charge in [-0.1, -0.05) is 60.7 Å². The first-order valence-corrected chi connectivity index (χ1v) is 12.8. The van der Waals surface area contributed by atoms with Crippen LogP contribution in [0.4, 0.5) is 5.69 Å². The molecule has 1 amide bonds. The van der Waals surface area contributed by atoms with Crippen LogP contribution >= 0.6 is 15.9 Å². The van der Waals surface area contributed by atoms with E-state index in [0.717, 1.165) is 16.5 Å². The lowest BCUT2D eigenvalue weighted by Crippen LogP contribution is -2.54. The number of hydrogen-bond donors (Lipinski definition) is 1. The number of amides is 1. The van der Waals surface area contributed by atoms with Crippen molar-refractivity contribution in [3.05, 3.63) is 116 Å². The summed E-state index contributed by atoms with van der Waals surface area (Å²) in [6.45, 7) is 0.768. The van der Waals surface area contributed by atoms with Crippen LogP contribution in [0.2, 0.25) is 0 Å². The van der Waals surface area contributed by atoms with Gasteiger partial charge in [0.2, 0.25) is 0 Å². The third-order valence-electron chi connectivity index (χ3n) is 7.63. The summed E-state index contributed by atoms with van der Waals surface area (Å²) >= 11 is 3.60. The summed E-state index contributed by atoms with van der Waals surface area (Å²) in [5.74, 6) is -0.183. The van der Waals surface area contributed by atoms with Crippen LogP contribution in [0, 0.1) is 10.1 Å². The number of carbonyl (C=O) groups excluding carboxylic acids is 1. The predicted molar refractivity (Wildman–Crippen MR) is 145 cm³/mol. The number of rotatable bonds is 5. The molecule has 1 N–H and O–H groups in total. The first kappa shape index (κ1) is 23.6. The number of carbonyl (C=O) groups is 1. The standard InChI is InChI=1S/C29H24BrN3O4/c1-32-16-22(27(33(35)36)29(32)23-8-4-5-9-25(23)31-28(29)34)21-12-13-26(24(30)15-21)37-17-18-10-11-19-6-2-3-7-20(19)14-18/h2-15,22,27H,16-17H2,1H3,(H,31,34)/t22-,27-,29+/m1/s1. The molecule has 2 aliphatic heterocycles. The zero-order valence-corrected chi connectivity index (χ0v) is 21.6. The zero-order valence-electron chi connectivity index (χ0n) is 20.1. The van der Waals surface area contributed by atoms with Gasteiger partial charge in [0.25, 0.3) is 11.9 Å². The largest absolute Gasteiger partial charge is 0.488 e. The van der Waals surface area contributed by atoms with Gasteiger partial charge in [-0.3, -0.25) is 19.8 Å². The highest BCUT2D eigenvalue weighted by Crippen LogP contribution is 2.52. The van der Waals surface area contributed by atoms with Crippen LogP contribution < -0.4 is 10.1 Å². The van der Waals surface area contributed by atoms with Crippen molar-refractivity contribution >= 4 is 38.3 Å². The molecule has 37 heavy (non-hydrogen) atoms. The van der Waals surface area contributed by atoms with Crippen LogP contribution in [0.1, 0.15) is 22.6 Å². The quantitative estimate of drug-likeness (QED) is 0.251. The second kappa shape index (κ2) is 8.97. The van der Waals surface area contributed by atoms with Crippen molar-refractivity contribution in [2.24, 2.45) is 0 Å². The van der Waals surface area contributed by atoms with E-state index in [1.165, 1.54) is 5.39 Å². The van der Waals surface area contributed by atoms with E-state index in [-0.39, 0.29) is 10.8 Å². The maximum Gasteiger partial charge on any atom is 0.256 e. The summed E-state index contributed by atoms with van der Waals surface area (Å²) in [5, 5.41) is 17.7. The second-order valence-electron chi connectivity index (χ2n) is 9.64. The van der Waals surface area contributed by atoms with E-state index in [9.17, 15) is 14.9 Å². The van der Waals surface area contributed by atoms with E-state index in [2.05, 4.69) is 45.5 Å². The number of likely N-dealkylation sites (tertiary alicyclic amines) is 1. The molecule has 4 aromatic rings. The van der Waals surface area contributed by atoms with Gasteiger partial charge in [-0.05, 0) is 69.1 Å². The smallest absolute Gasteiger partial charge is 0.256 e. The summed E-state index contributed by atoms with van der Waals surface area (Å²) in [6, 6.07) is 26.1. The molecule has 2 heterocycles. The Morgan fingerprint density at radius 2 is 1.81 bits per heavy atom. The van der Waals surface area contributed by atoms with Gasteiger partial charge in [-0.2, -0.15) is 0 Å². The average molecular weight is 558 g/mol. The Kier molecular flexibility index (Phi) is 5.73. The first-order valence-electron chi connectivity index (χ1n) is 12.0. The summed E-state index contributed by atoms with van der Waals surface area (Å²) < 4.78 is 6.80. The molecule has 2 aliphatic rings. The normalized spacial score (nSPS) is 22.8. The molecular formula is C29H24BrN3O4. The summed E-state index contributed by atoms with van der Waals surface area (Å²) in [7, 11) is 1.79. The third-order valence-corrected chi connectivity index (χ3v) is 8.25. The van der Waals surface area contributed by atoms with Crippen LogP contribution in [-0.4, -0.2) is 35.4 Å². The number of nitrogens with one attached hydrogen (secondary N) is 1. The van der Waals surface area contributed by atoms with E-state index in [4.69, 9.17) is 4.74 Å². The van der Waals surface area contributed by atoms with Gasteiger partial charge in [0.15, 0.2) is 5.54 Å². The van der Waals surface area contributed by atoms with E-state index >= 15 is 0 Å². The highest BCUT2D eigenvalue weighted by molar-refractivity contribution is 9.10. The molecular weight excluding hydrogens is 534 g/mol. The number of nitrogens with zero attached hydrogens (tertiary/aromatic N) is 2. The molecule has 0 bridgehead atoms. The lowest BCUT2D eigenvalue weighted by molar-refractivity contribution is -0.534. The van der Waals surface area contributed by atoms with Crippen LogP contribution in [0.15, 0.2) is 89.4 Å². The monoisotopic (exact) mass is 557 g/mol. The SMILES string of the molecule is CN1C[C@H](c2ccc(OCc3ccc4ccccc4c3)c(Br)c2)[C@@H]([N+](=O)[O-])[C@@]12C(=O)Nc1ccccc12. The Morgan fingerprint density at radius 1 is 1.05 bits per heavy atom. The fraction of sp³-hybridized carbons (Fsp3) is 0.207. The molecule has 8 heteroatoms. The van der Waals surface area contributed by atoms with E-state index in [1.807, 2.05) is 59.5 Å². The number of halogens is 1. The average Bonchev–Trinajstić information content (AvgIpc) is 3.37. The van der Waals surface area contributed by atoms with Crippen molar-refractivity contribution in [3.63, 3.8) is 0 Å². The third kappa shape index (κ3) is 3.70. The minimum atomic E-state index is -1.36. The number of para-hydroxylation sites is 1. The van der Waals surface area contributed by atoms with Gasteiger partial charge in [0.1, 0.15) is 12.4 Å². The van der Waals surface area contributed by atoms with Gasteiger partial charge in [0, 0.05) is 22.7 Å². The lowest BCUT2D eigenvalue weighted by Gasteiger charge is -2.30. The molecule has 186 valence electrons. The number of ether oxygens (including phenoxy) is 1. The lowest BCUT2D eigenvalue weighted by atomic mass is 9.79.